The van der Waals surface area contributed by atoms with Gasteiger partial charge in [-0.1, -0.05) is 18.2 Å². The molecule has 102 valence electrons. The summed E-state index contributed by atoms with van der Waals surface area (Å²) >= 11 is 0. The molecule has 0 saturated carbocycles. The fraction of sp³-hybridized carbons (Fsp3) is 0.357. The van der Waals surface area contributed by atoms with E-state index in [0.29, 0.717) is 32.2 Å². The monoisotopic (exact) mass is 262 g/mol. The smallest absolute Gasteiger partial charge is 0.226 e. The maximum atomic E-state index is 8.54. The van der Waals surface area contributed by atoms with Crippen molar-refractivity contribution in [3.05, 3.63) is 42.3 Å². The summed E-state index contributed by atoms with van der Waals surface area (Å²) in [6.45, 7) is 2.36. The number of oxazole rings is 1. The summed E-state index contributed by atoms with van der Waals surface area (Å²) in [5, 5.41) is 11.7. The van der Waals surface area contributed by atoms with Crippen molar-refractivity contribution >= 4 is 0 Å². The number of aliphatic hydroxyl groups excluding tert-OH is 1. The van der Waals surface area contributed by atoms with Gasteiger partial charge in [0.1, 0.15) is 6.26 Å². The van der Waals surface area contributed by atoms with Crippen LogP contribution in [0.1, 0.15) is 5.69 Å². The molecule has 19 heavy (non-hydrogen) atoms. The summed E-state index contributed by atoms with van der Waals surface area (Å²) in [7, 11) is 0. The lowest BCUT2D eigenvalue weighted by Gasteiger charge is -2.02. The van der Waals surface area contributed by atoms with Crippen molar-refractivity contribution in [2.24, 2.45) is 0 Å². The molecule has 0 radical (unpaired) electrons. The van der Waals surface area contributed by atoms with Crippen LogP contribution in [0.4, 0.5) is 0 Å². The molecule has 0 bridgehead atoms. The van der Waals surface area contributed by atoms with Gasteiger partial charge in [-0.2, -0.15) is 0 Å². The first kappa shape index (κ1) is 13.7. The highest BCUT2D eigenvalue weighted by atomic mass is 16.5. The fourth-order valence-corrected chi connectivity index (χ4v) is 1.63. The minimum absolute atomic E-state index is 0.0592. The number of rotatable bonds is 8. The number of hydrogen-bond donors (Lipinski definition) is 2. The van der Waals surface area contributed by atoms with Crippen LogP contribution in [0.3, 0.4) is 0 Å². The van der Waals surface area contributed by atoms with Gasteiger partial charge in [0.25, 0.3) is 0 Å². The lowest BCUT2D eigenvalue weighted by Crippen LogP contribution is -2.20. The maximum absolute atomic E-state index is 8.54. The van der Waals surface area contributed by atoms with Gasteiger partial charge in [-0.15, -0.1) is 0 Å². The van der Waals surface area contributed by atoms with E-state index in [9.17, 15) is 0 Å². The van der Waals surface area contributed by atoms with E-state index < -0.39 is 0 Å². The Morgan fingerprint density at radius 3 is 2.84 bits per heavy atom. The summed E-state index contributed by atoms with van der Waals surface area (Å²) in [6.07, 6.45) is 1.66. The predicted molar refractivity (Wildman–Crippen MR) is 71.6 cm³/mol. The molecule has 5 nitrogen and oxygen atoms in total. The van der Waals surface area contributed by atoms with Crippen LogP contribution in [0.25, 0.3) is 11.5 Å². The third kappa shape index (κ3) is 4.48. The van der Waals surface area contributed by atoms with Crippen molar-refractivity contribution < 1.29 is 14.3 Å². The van der Waals surface area contributed by atoms with E-state index in [2.05, 4.69) is 10.3 Å². The zero-order valence-corrected chi connectivity index (χ0v) is 10.7. The number of ether oxygens (including phenoxy) is 1. The van der Waals surface area contributed by atoms with Crippen LogP contribution < -0.4 is 5.32 Å². The van der Waals surface area contributed by atoms with Crippen LogP contribution in [0, 0.1) is 0 Å². The lowest BCUT2D eigenvalue weighted by molar-refractivity contribution is 0.0937. The Kier molecular flexibility index (Phi) is 5.55. The first-order valence-corrected chi connectivity index (χ1v) is 6.29. The van der Waals surface area contributed by atoms with E-state index in [-0.39, 0.29) is 6.61 Å². The fourth-order valence-electron chi connectivity index (χ4n) is 1.63. The number of hydrogen-bond acceptors (Lipinski definition) is 5. The van der Waals surface area contributed by atoms with Gasteiger partial charge < -0.3 is 19.6 Å². The third-order valence-corrected chi connectivity index (χ3v) is 2.54. The van der Waals surface area contributed by atoms with Crippen LogP contribution in [-0.2, 0) is 11.3 Å². The second kappa shape index (κ2) is 7.68. The minimum Gasteiger partial charge on any atom is -0.444 e. The zero-order valence-electron chi connectivity index (χ0n) is 10.7. The molecule has 0 saturated heterocycles. The second-order valence-electron chi connectivity index (χ2n) is 4.02. The van der Waals surface area contributed by atoms with Gasteiger partial charge in [0, 0.05) is 18.7 Å². The zero-order chi connectivity index (χ0) is 13.3. The number of aliphatic hydroxyl groups is 1. The molecular weight excluding hydrogens is 244 g/mol. The largest absolute Gasteiger partial charge is 0.444 e. The van der Waals surface area contributed by atoms with E-state index in [4.69, 9.17) is 14.3 Å². The molecule has 0 atom stereocenters. The van der Waals surface area contributed by atoms with Crippen molar-refractivity contribution in [3.63, 3.8) is 0 Å². The summed E-state index contributed by atoms with van der Waals surface area (Å²) in [5.74, 6) is 0.633. The van der Waals surface area contributed by atoms with Gasteiger partial charge >= 0.3 is 0 Å². The van der Waals surface area contributed by atoms with Crippen LogP contribution in [0.15, 0.2) is 41.0 Å². The van der Waals surface area contributed by atoms with E-state index >= 15 is 0 Å². The topological polar surface area (TPSA) is 67.5 Å². The second-order valence-corrected chi connectivity index (χ2v) is 4.02. The highest BCUT2D eigenvalue weighted by Crippen LogP contribution is 2.17. The van der Waals surface area contributed by atoms with E-state index in [0.717, 1.165) is 11.3 Å². The molecule has 0 fully saturated rings. The molecule has 2 aromatic rings. The van der Waals surface area contributed by atoms with E-state index in [1.165, 1.54) is 0 Å². The molecule has 0 aliphatic carbocycles. The number of nitrogens with zero attached hydrogens (tertiary/aromatic N) is 1. The Balaban J connectivity index is 1.75. The van der Waals surface area contributed by atoms with E-state index in [1.807, 2.05) is 30.3 Å². The molecular formula is C14H18N2O3. The van der Waals surface area contributed by atoms with Crippen LogP contribution in [0.2, 0.25) is 0 Å². The quantitative estimate of drug-likeness (QED) is 0.705. The summed E-state index contributed by atoms with van der Waals surface area (Å²) in [5.41, 5.74) is 1.83. The van der Waals surface area contributed by atoms with E-state index in [1.54, 1.807) is 6.26 Å². The van der Waals surface area contributed by atoms with Crippen molar-refractivity contribution in [1.29, 1.82) is 0 Å². The Morgan fingerprint density at radius 1 is 1.21 bits per heavy atom. The number of benzene rings is 1. The first-order valence-electron chi connectivity index (χ1n) is 6.29. The normalized spacial score (nSPS) is 10.8. The standard InChI is InChI=1S/C14H18N2O3/c17-7-9-18-8-6-15-10-13-11-19-14(16-13)12-4-2-1-3-5-12/h1-5,11,15,17H,6-10H2. The van der Waals surface area contributed by atoms with Crippen molar-refractivity contribution in [3.8, 4) is 11.5 Å². The van der Waals surface area contributed by atoms with Crippen molar-refractivity contribution in [1.82, 2.24) is 10.3 Å². The van der Waals surface area contributed by atoms with Gasteiger partial charge in [0.2, 0.25) is 5.89 Å². The number of nitrogens with one attached hydrogen (secondary N) is 1. The molecule has 5 heteroatoms. The third-order valence-electron chi connectivity index (χ3n) is 2.54. The Bertz CT molecular complexity index is 471. The molecule has 1 aromatic heterocycles. The van der Waals surface area contributed by atoms with Crippen molar-refractivity contribution in [2.75, 3.05) is 26.4 Å². The highest BCUT2D eigenvalue weighted by Gasteiger charge is 2.05. The van der Waals surface area contributed by atoms with Crippen molar-refractivity contribution in [2.45, 2.75) is 6.54 Å². The van der Waals surface area contributed by atoms with Gasteiger partial charge in [-0.3, -0.25) is 0 Å². The predicted octanol–water partition coefficient (Wildman–Crippen LogP) is 1.44. The molecule has 2 N–H and O–H groups in total. The molecule has 0 amide bonds. The van der Waals surface area contributed by atoms with Gasteiger partial charge in [-0.25, -0.2) is 4.98 Å². The van der Waals surface area contributed by atoms with Crippen LogP contribution in [0.5, 0.6) is 0 Å². The molecule has 0 spiro atoms. The summed E-state index contributed by atoms with van der Waals surface area (Å²) < 4.78 is 10.6. The van der Waals surface area contributed by atoms with Gasteiger partial charge in [0.05, 0.1) is 25.5 Å². The SMILES string of the molecule is OCCOCCNCc1coc(-c2ccccc2)n1. The van der Waals surface area contributed by atoms with Gasteiger partial charge in [0.15, 0.2) is 0 Å². The molecule has 0 aliphatic rings. The minimum atomic E-state index is 0.0592. The number of aromatic nitrogens is 1. The Morgan fingerprint density at radius 2 is 2.05 bits per heavy atom. The molecule has 2 rings (SSSR count). The molecule has 1 heterocycles. The molecule has 0 aliphatic heterocycles. The highest BCUT2D eigenvalue weighted by molar-refractivity contribution is 5.52. The summed E-state index contributed by atoms with van der Waals surface area (Å²) in [4.78, 5) is 4.40. The van der Waals surface area contributed by atoms with Gasteiger partial charge in [-0.05, 0) is 12.1 Å². The average Bonchev–Trinajstić information content (AvgIpc) is 2.92. The first-order chi connectivity index (χ1) is 9.40. The molecule has 1 aromatic carbocycles. The summed E-state index contributed by atoms with van der Waals surface area (Å²) in [6, 6.07) is 9.80. The maximum Gasteiger partial charge on any atom is 0.226 e. The average molecular weight is 262 g/mol. The Labute approximate surface area is 112 Å². The lowest BCUT2D eigenvalue weighted by atomic mass is 10.2. The molecule has 0 unspecified atom stereocenters. The Hall–Kier alpha value is -1.69. The van der Waals surface area contributed by atoms with Crippen LogP contribution in [-0.4, -0.2) is 36.5 Å². The van der Waals surface area contributed by atoms with Crippen LogP contribution >= 0.6 is 0 Å².